The number of hydrogen-bond donors (Lipinski definition) is 1. The first-order chi connectivity index (χ1) is 21.3. The van der Waals surface area contributed by atoms with Gasteiger partial charge in [0.25, 0.3) is 0 Å². The van der Waals surface area contributed by atoms with E-state index in [-0.39, 0.29) is 0 Å². The monoisotopic (exact) mass is 569 g/mol. The summed E-state index contributed by atoms with van der Waals surface area (Å²) in [5.74, 6) is 0. The van der Waals surface area contributed by atoms with E-state index in [1.54, 1.807) is 0 Å². The van der Waals surface area contributed by atoms with Crippen molar-refractivity contribution in [1.82, 2.24) is 14.5 Å². The molecule has 0 spiro atoms. The van der Waals surface area contributed by atoms with Crippen LogP contribution in [0.25, 0.3) is 77.2 Å². The Morgan fingerprint density at radius 1 is 0.535 bits per heavy atom. The van der Waals surface area contributed by atoms with Gasteiger partial charge in [-0.1, -0.05) is 84.9 Å². The molecule has 4 heteroatoms. The molecule has 43 heavy (non-hydrogen) atoms. The quantitative estimate of drug-likeness (QED) is 0.227. The Morgan fingerprint density at radius 2 is 1.21 bits per heavy atom. The molecule has 0 aliphatic carbocycles. The summed E-state index contributed by atoms with van der Waals surface area (Å²) in [4.78, 5) is 1.28. The molecule has 0 unspecified atom stereocenters. The summed E-state index contributed by atoms with van der Waals surface area (Å²) in [5.41, 5.74) is 9.79. The maximum Gasteiger partial charge on any atom is 0.0655 e. The van der Waals surface area contributed by atoms with Crippen LogP contribution in [0.15, 0.2) is 133 Å². The highest BCUT2D eigenvalue weighted by molar-refractivity contribution is 7.23. The maximum atomic E-state index is 3.44. The molecule has 0 saturated carbocycles. The smallest absolute Gasteiger partial charge is 0.0655 e. The van der Waals surface area contributed by atoms with Crippen LogP contribution in [0.5, 0.6) is 0 Å². The predicted octanol–water partition coefficient (Wildman–Crippen LogP) is 8.24. The average molecular weight is 570 g/mol. The molecule has 1 aliphatic heterocycles. The summed E-state index contributed by atoms with van der Waals surface area (Å²) >= 11 is 1.88. The van der Waals surface area contributed by atoms with E-state index in [0.717, 1.165) is 6.54 Å². The third kappa shape index (κ3) is 3.80. The molecule has 1 N–H and O–H groups in total. The van der Waals surface area contributed by atoms with Crippen molar-refractivity contribution >= 4 is 55.6 Å². The molecule has 0 radical (unpaired) electrons. The Bertz CT molecular complexity index is 2430. The number of para-hydroxylation sites is 2. The summed E-state index contributed by atoms with van der Waals surface area (Å²) in [6.07, 6.45) is 4.46. The topological polar surface area (TPSA) is 21.9 Å². The molecule has 0 fully saturated rings. The molecule has 8 aromatic rings. The summed E-state index contributed by atoms with van der Waals surface area (Å²) in [5, 5.41) is 8.50. The first-order valence-electron chi connectivity index (χ1n) is 14.7. The summed E-state index contributed by atoms with van der Waals surface area (Å²) in [6.45, 7) is 0.836. The molecule has 0 amide bonds. The molecular formula is C39H27N3S. The molecule has 204 valence electrons. The molecule has 9 rings (SSSR count). The van der Waals surface area contributed by atoms with Crippen LogP contribution in [0, 0.1) is 0 Å². The van der Waals surface area contributed by atoms with Crippen molar-refractivity contribution in [3.05, 3.63) is 144 Å². The lowest BCUT2D eigenvalue weighted by atomic mass is 10.1. The van der Waals surface area contributed by atoms with Crippen LogP contribution in [-0.4, -0.2) is 15.7 Å². The van der Waals surface area contributed by atoms with Gasteiger partial charge in [-0.15, -0.1) is 11.3 Å². The second-order valence-corrected chi connectivity index (χ2v) is 12.1. The lowest BCUT2D eigenvalue weighted by Gasteiger charge is -2.09. The molecule has 0 saturated heterocycles. The standard InChI is InChI=1S/C39H27N3S/c1-3-9-26(10-4-1)27-15-18-30(19-16-27)42-34-14-8-7-13-31(34)39-37(42)24-38(43-39)28-17-20-35-32(23-28)33-25-40-22-21-36(33)41(35)29-11-5-2-6-12-29/h1-21,23-25,40H,22H2. The molecule has 0 atom stereocenters. The highest BCUT2D eigenvalue weighted by Crippen LogP contribution is 2.42. The van der Waals surface area contributed by atoms with Crippen molar-refractivity contribution in [2.45, 2.75) is 0 Å². The minimum atomic E-state index is 0.836. The SMILES string of the molecule is C1=c2c(n(-c3ccccc3)c3ccc(-c4cc5c(s4)c4ccccc4n5-c4ccc(-c5ccccc5)cc4)cc23)=CCN1. The predicted molar refractivity (Wildman–Crippen MR) is 183 cm³/mol. The Labute approximate surface area is 252 Å². The van der Waals surface area contributed by atoms with Crippen molar-refractivity contribution in [2.75, 3.05) is 6.54 Å². The van der Waals surface area contributed by atoms with Crippen molar-refractivity contribution in [3.8, 4) is 32.9 Å². The van der Waals surface area contributed by atoms with Crippen LogP contribution < -0.4 is 15.9 Å². The minimum absolute atomic E-state index is 0.836. The second kappa shape index (κ2) is 9.62. The van der Waals surface area contributed by atoms with Gasteiger partial charge in [0.05, 0.1) is 26.6 Å². The van der Waals surface area contributed by atoms with Crippen molar-refractivity contribution < 1.29 is 0 Å². The lowest BCUT2D eigenvalue weighted by Crippen LogP contribution is -2.35. The van der Waals surface area contributed by atoms with Gasteiger partial charge in [0.15, 0.2) is 0 Å². The first kappa shape index (κ1) is 24.3. The zero-order chi connectivity index (χ0) is 28.3. The fourth-order valence-electron chi connectivity index (χ4n) is 6.60. The number of nitrogens with one attached hydrogen (secondary N) is 1. The van der Waals surface area contributed by atoms with Gasteiger partial charge in [-0.25, -0.2) is 0 Å². The van der Waals surface area contributed by atoms with Crippen LogP contribution in [0.2, 0.25) is 0 Å². The molecule has 4 heterocycles. The third-order valence-electron chi connectivity index (χ3n) is 8.58. The number of fused-ring (bicyclic) bond motifs is 6. The fraction of sp³-hybridized carbons (Fsp3) is 0.0256. The van der Waals surface area contributed by atoms with Gasteiger partial charge in [-0.2, -0.15) is 0 Å². The Morgan fingerprint density at radius 3 is 2.05 bits per heavy atom. The average Bonchev–Trinajstić information content (AvgIpc) is 3.74. The van der Waals surface area contributed by atoms with E-state index in [0.29, 0.717) is 0 Å². The van der Waals surface area contributed by atoms with Crippen LogP contribution >= 0.6 is 11.3 Å². The van der Waals surface area contributed by atoms with E-state index in [9.17, 15) is 0 Å². The van der Waals surface area contributed by atoms with Gasteiger partial charge in [-0.05, 0) is 71.3 Å². The van der Waals surface area contributed by atoms with Gasteiger partial charge < -0.3 is 14.5 Å². The summed E-state index contributed by atoms with van der Waals surface area (Å²) in [6, 6.07) is 48.3. The van der Waals surface area contributed by atoms with Crippen LogP contribution in [-0.2, 0) is 0 Å². The third-order valence-corrected chi connectivity index (χ3v) is 9.79. The second-order valence-electron chi connectivity index (χ2n) is 11.0. The number of thiophene rings is 1. The van der Waals surface area contributed by atoms with Gasteiger partial charge in [-0.3, -0.25) is 0 Å². The van der Waals surface area contributed by atoms with Gasteiger partial charge >= 0.3 is 0 Å². The minimum Gasteiger partial charge on any atom is -0.387 e. The molecule has 3 nitrogen and oxygen atoms in total. The zero-order valence-electron chi connectivity index (χ0n) is 23.4. The van der Waals surface area contributed by atoms with Crippen molar-refractivity contribution in [2.24, 2.45) is 0 Å². The van der Waals surface area contributed by atoms with Gasteiger partial charge in [0.1, 0.15) is 0 Å². The number of nitrogens with zero attached hydrogens (tertiary/aromatic N) is 2. The first-order valence-corrected chi connectivity index (χ1v) is 15.5. The molecule has 3 aromatic heterocycles. The highest BCUT2D eigenvalue weighted by atomic mass is 32.1. The Balaban J connectivity index is 1.22. The maximum absolute atomic E-state index is 3.44. The van der Waals surface area contributed by atoms with Crippen molar-refractivity contribution in [3.63, 3.8) is 0 Å². The van der Waals surface area contributed by atoms with E-state index >= 15 is 0 Å². The lowest BCUT2D eigenvalue weighted by molar-refractivity contribution is 1.00. The molecular weight excluding hydrogens is 543 g/mol. The van der Waals surface area contributed by atoms with E-state index in [2.05, 4.69) is 160 Å². The number of hydrogen-bond acceptors (Lipinski definition) is 2. The Kier molecular flexibility index (Phi) is 5.43. The van der Waals surface area contributed by atoms with Crippen LogP contribution in [0.4, 0.5) is 0 Å². The van der Waals surface area contributed by atoms with E-state index in [1.165, 1.54) is 75.5 Å². The molecule has 0 bridgehead atoms. The normalized spacial score (nSPS) is 12.7. The number of aromatic nitrogens is 2. The number of rotatable bonds is 4. The van der Waals surface area contributed by atoms with Gasteiger partial charge in [0.2, 0.25) is 0 Å². The van der Waals surface area contributed by atoms with E-state index in [1.807, 2.05) is 11.3 Å². The van der Waals surface area contributed by atoms with Crippen LogP contribution in [0.1, 0.15) is 0 Å². The van der Waals surface area contributed by atoms with Crippen LogP contribution in [0.3, 0.4) is 0 Å². The zero-order valence-corrected chi connectivity index (χ0v) is 24.2. The van der Waals surface area contributed by atoms with E-state index in [4.69, 9.17) is 0 Å². The van der Waals surface area contributed by atoms with Gasteiger partial charge in [0, 0.05) is 45.0 Å². The van der Waals surface area contributed by atoms with Crippen molar-refractivity contribution in [1.29, 1.82) is 0 Å². The largest absolute Gasteiger partial charge is 0.387 e. The summed E-state index contributed by atoms with van der Waals surface area (Å²) in [7, 11) is 0. The molecule has 5 aromatic carbocycles. The fourth-order valence-corrected chi connectivity index (χ4v) is 7.77. The highest BCUT2D eigenvalue weighted by Gasteiger charge is 2.18. The summed E-state index contributed by atoms with van der Waals surface area (Å²) < 4.78 is 6.12. The van der Waals surface area contributed by atoms with E-state index < -0.39 is 0 Å². The number of benzene rings is 5. The molecule has 1 aliphatic rings. The Hall–Kier alpha value is -5.32.